The minimum atomic E-state index is -1.88. The third-order valence-electron chi connectivity index (χ3n) is 4.62. The van der Waals surface area contributed by atoms with Crippen LogP contribution in [0.2, 0.25) is 0 Å². The fourth-order valence-electron chi connectivity index (χ4n) is 3.11. The van der Waals surface area contributed by atoms with Crippen LogP contribution in [-0.2, 0) is 28.6 Å². The van der Waals surface area contributed by atoms with E-state index in [-0.39, 0.29) is 26.2 Å². The van der Waals surface area contributed by atoms with Crippen molar-refractivity contribution in [3.63, 3.8) is 0 Å². The minimum absolute atomic E-state index is 0.0597. The maximum atomic E-state index is 13.1. The number of carbonyl (C=O) groups excluding carboxylic acids is 3. The van der Waals surface area contributed by atoms with Crippen molar-refractivity contribution in [2.24, 2.45) is 5.41 Å². The van der Waals surface area contributed by atoms with Crippen LogP contribution in [0.3, 0.4) is 0 Å². The number of unbranched alkanes of at least 4 members (excludes halogenated alkanes) is 1. The van der Waals surface area contributed by atoms with Crippen LogP contribution < -0.4 is 10.1 Å². The average Bonchev–Trinajstić information content (AvgIpc) is 2.74. The van der Waals surface area contributed by atoms with Crippen LogP contribution >= 0.6 is 0 Å². The molecule has 1 aromatic rings. The van der Waals surface area contributed by atoms with Crippen LogP contribution in [0.25, 0.3) is 0 Å². The fraction of sp³-hybridized carbons (Fsp3) is 0.591. The van der Waals surface area contributed by atoms with Gasteiger partial charge in [-0.05, 0) is 51.5 Å². The molecule has 1 N–H and O–H groups in total. The molecule has 0 amide bonds. The molecule has 1 rings (SSSR count). The number of anilines is 1. The summed E-state index contributed by atoms with van der Waals surface area (Å²) in [7, 11) is 1.54. The number of methoxy groups -OCH3 is 1. The van der Waals surface area contributed by atoms with E-state index in [1.54, 1.807) is 52.1 Å². The summed E-state index contributed by atoms with van der Waals surface area (Å²) in [5.41, 5.74) is -1.36. The molecule has 0 spiro atoms. The number of ether oxygens (including phenoxy) is 4. The lowest BCUT2D eigenvalue weighted by Gasteiger charge is -2.35. The number of hydrogen-bond donors (Lipinski definition) is 1. The van der Waals surface area contributed by atoms with Gasteiger partial charge < -0.3 is 24.3 Å². The van der Waals surface area contributed by atoms with E-state index in [1.165, 1.54) is 0 Å². The number of nitrogens with one attached hydrogen (secondary N) is 1. The zero-order valence-electron chi connectivity index (χ0n) is 18.5. The van der Waals surface area contributed by atoms with Gasteiger partial charge >= 0.3 is 17.9 Å². The predicted octanol–water partition coefficient (Wildman–Crippen LogP) is 3.34. The van der Waals surface area contributed by atoms with Crippen LogP contribution in [0.1, 0.15) is 47.0 Å². The molecule has 0 saturated carbocycles. The van der Waals surface area contributed by atoms with Crippen molar-refractivity contribution < 1.29 is 33.3 Å². The van der Waals surface area contributed by atoms with Crippen molar-refractivity contribution in [2.75, 3.05) is 32.2 Å². The van der Waals surface area contributed by atoms with Crippen molar-refractivity contribution in [3.05, 3.63) is 24.3 Å². The molecule has 0 unspecified atom stereocenters. The van der Waals surface area contributed by atoms with Gasteiger partial charge in [0, 0.05) is 5.69 Å². The van der Waals surface area contributed by atoms with Crippen LogP contribution in [0.4, 0.5) is 5.69 Å². The molecular formula is C22H33NO7. The molecule has 0 radical (unpaired) electrons. The maximum Gasteiger partial charge on any atom is 0.330 e. The zero-order chi connectivity index (χ0) is 22.6. The summed E-state index contributed by atoms with van der Waals surface area (Å²) < 4.78 is 20.9. The first kappa shape index (κ1) is 25.3. The van der Waals surface area contributed by atoms with E-state index in [2.05, 4.69) is 5.32 Å². The minimum Gasteiger partial charge on any atom is -0.497 e. The van der Waals surface area contributed by atoms with Gasteiger partial charge in [0.05, 0.1) is 26.9 Å². The van der Waals surface area contributed by atoms with Crippen molar-refractivity contribution in [2.45, 2.75) is 53.0 Å². The monoisotopic (exact) mass is 423 g/mol. The molecule has 0 aliphatic rings. The normalized spacial score (nSPS) is 11.9. The molecule has 8 nitrogen and oxygen atoms in total. The molecule has 1 atom stereocenters. The Labute approximate surface area is 178 Å². The van der Waals surface area contributed by atoms with Gasteiger partial charge in [-0.15, -0.1) is 0 Å². The molecular weight excluding hydrogens is 390 g/mol. The molecule has 0 aliphatic carbocycles. The highest BCUT2D eigenvalue weighted by atomic mass is 16.6. The summed E-state index contributed by atoms with van der Waals surface area (Å²) >= 11 is 0. The van der Waals surface area contributed by atoms with Crippen molar-refractivity contribution in [3.8, 4) is 5.75 Å². The molecule has 0 saturated heterocycles. The number of benzene rings is 1. The van der Waals surface area contributed by atoms with Crippen molar-refractivity contribution in [1.29, 1.82) is 0 Å². The number of rotatable bonds is 13. The zero-order valence-corrected chi connectivity index (χ0v) is 18.5. The van der Waals surface area contributed by atoms with E-state index in [0.29, 0.717) is 24.3 Å². The topological polar surface area (TPSA) is 100 Å². The molecule has 0 aliphatic heterocycles. The van der Waals surface area contributed by atoms with Gasteiger partial charge in [0.1, 0.15) is 5.75 Å². The van der Waals surface area contributed by atoms with Crippen molar-refractivity contribution >= 4 is 23.6 Å². The number of hydrogen-bond acceptors (Lipinski definition) is 8. The Hall–Kier alpha value is -2.77. The third-order valence-corrected chi connectivity index (χ3v) is 4.62. The van der Waals surface area contributed by atoms with Gasteiger partial charge in [-0.3, -0.25) is 9.59 Å². The Kier molecular flexibility index (Phi) is 10.7. The van der Waals surface area contributed by atoms with Crippen LogP contribution in [-0.4, -0.2) is 50.9 Å². The Morgan fingerprint density at radius 1 is 0.900 bits per heavy atom. The van der Waals surface area contributed by atoms with Gasteiger partial charge in [-0.2, -0.15) is 0 Å². The summed E-state index contributed by atoms with van der Waals surface area (Å²) in [5.74, 6) is -1.72. The maximum absolute atomic E-state index is 13.1. The quantitative estimate of drug-likeness (QED) is 0.293. The highest BCUT2D eigenvalue weighted by Crippen LogP contribution is 2.36. The second-order valence-electron chi connectivity index (χ2n) is 6.57. The van der Waals surface area contributed by atoms with E-state index >= 15 is 0 Å². The first-order chi connectivity index (χ1) is 14.4. The molecule has 1 aromatic carbocycles. The van der Waals surface area contributed by atoms with Gasteiger partial charge in [-0.1, -0.05) is 19.8 Å². The second-order valence-corrected chi connectivity index (χ2v) is 6.57. The first-order valence-electron chi connectivity index (χ1n) is 10.3. The first-order valence-corrected chi connectivity index (χ1v) is 10.3. The van der Waals surface area contributed by atoms with E-state index in [4.69, 9.17) is 18.9 Å². The van der Waals surface area contributed by atoms with Crippen LogP contribution in [0.5, 0.6) is 5.75 Å². The lowest BCUT2D eigenvalue weighted by molar-refractivity contribution is -0.179. The lowest BCUT2D eigenvalue weighted by atomic mass is 9.75. The van der Waals surface area contributed by atoms with E-state index in [1.807, 2.05) is 6.92 Å². The van der Waals surface area contributed by atoms with Crippen molar-refractivity contribution in [1.82, 2.24) is 0 Å². The van der Waals surface area contributed by atoms with Gasteiger partial charge in [-0.25, -0.2) is 4.79 Å². The fourth-order valence-corrected chi connectivity index (χ4v) is 3.11. The number of carbonyl (C=O) groups is 3. The third kappa shape index (κ3) is 6.11. The Morgan fingerprint density at radius 2 is 1.43 bits per heavy atom. The molecule has 30 heavy (non-hydrogen) atoms. The summed E-state index contributed by atoms with van der Waals surface area (Å²) in [6.07, 6.45) is 1.30. The Bertz CT molecular complexity index is 669. The van der Waals surface area contributed by atoms with Gasteiger partial charge in [0.25, 0.3) is 0 Å². The summed E-state index contributed by atoms with van der Waals surface area (Å²) in [6, 6.07) is 5.45. The SMILES string of the molecule is CCCCC(C(=O)OCC)(C(=O)OCC)[C@H](Nc1ccc(OC)cc1)C(=O)OCC. The van der Waals surface area contributed by atoms with Gasteiger partial charge in [0.2, 0.25) is 0 Å². The molecule has 0 bridgehead atoms. The Balaban J connectivity index is 3.54. The summed E-state index contributed by atoms with van der Waals surface area (Å²) in [5, 5.41) is 3.01. The molecule has 0 heterocycles. The number of esters is 3. The van der Waals surface area contributed by atoms with E-state index < -0.39 is 29.4 Å². The molecule has 0 fully saturated rings. The predicted molar refractivity (Wildman–Crippen MR) is 112 cm³/mol. The summed E-state index contributed by atoms with van der Waals surface area (Å²) in [4.78, 5) is 39.2. The van der Waals surface area contributed by atoms with Gasteiger partial charge in [0.15, 0.2) is 11.5 Å². The standard InChI is InChI=1S/C22H33NO7/c1-6-10-15-22(20(25)29-8-3,21(26)30-9-4)18(19(24)28-7-2)23-16-11-13-17(27-5)14-12-16/h11-14,18,23H,6-10,15H2,1-5H3/t18-/m1/s1. The highest BCUT2D eigenvalue weighted by Gasteiger charge is 2.58. The summed E-state index contributed by atoms with van der Waals surface area (Å²) in [6.45, 7) is 7.08. The lowest BCUT2D eigenvalue weighted by Crippen LogP contribution is -2.57. The van der Waals surface area contributed by atoms with E-state index in [0.717, 1.165) is 0 Å². The average molecular weight is 424 g/mol. The molecule has 168 valence electrons. The van der Waals surface area contributed by atoms with Crippen LogP contribution in [0.15, 0.2) is 24.3 Å². The molecule has 8 heteroatoms. The smallest absolute Gasteiger partial charge is 0.330 e. The largest absolute Gasteiger partial charge is 0.497 e. The Morgan fingerprint density at radius 3 is 1.87 bits per heavy atom. The second kappa shape index (κ2) is 12.7. The van der Waals surface area contributed by atoms with Crippen LogP contribution in [0, 0.1) is 5.41 Å². The highest BCUT2D eigenvalue weighted by molar-refractivity contribution is 6.06. The molecule has 0 aromatic heterocycles. The van der Waals surface area contributed by atoms with E-state index in [9.17, 15) is 14.4 Å².